The molecule has 1 aliphatic heterocycles. The van der Waals surface area contributed by atoms with Crippen molar-refractivity contribution < 1.29 is 38.1 Å². The van der Waals surface area contributed by atoms with Gasteiger partial charge >= 0.3 is 10.2 Å². The number of Topliss-reactive ketones (excluding diaryl/α,β-unsaturated/α-hetero) is 1. The summed E-state index contributed by atoms with van der Waals surface area (Å²) in [6, 6.07) is 2.63. The molecule has 1 N–H and O–H groups in total. The fourth-order valence-corrected chi connectivity index (χ4v) is 4.35. The second kappa shape index (κ2) is 8.26. The number of ketones is 1. The molecule has 33 heavy (non-hydrogen) atoms. The van der Waals surface area contributed by atoms with Gasteiger partial charge in [-0.25, -0.2) is 14.8 Å². The van der Waals surface area contributed by atoms with Crippen LogP contribution in [0.25, 0.3) is 0 Å². The summed E-state index contributed by atoms with van der Waals surface area (Å²) in [6.07, 6.45) is 0. The maximum Gasteiger partial charge on any atom is 0.310 e. The second-order valence-electron chi connectivity index (χ2n) is 7.28. The molecule has 184 valence electrons. The number of hydrazine groups is 1. The first-order valence-electron chi connectivity index (χ1n) is 9.79. The Hall–Kier alpha value is -2.15. The Kier molecular flexibility index (Phi) is 6.37. The summed E-state index contributed by atoms with van der Waals surface area (Å²) in [7, 11) is -10.0. The fraction of sp³-hybridized carbons (Fsp3) is 0.350. The Morgan fingerprint density at radius 1 is 1.09 bits per heavy atom. The van der Waals surface area contributed by atoms with Crippen molar-refractivity contribution >= 4 is 27.6 Å². The first-order chi connectivity index (χ1) is 15.1. The van der Waals surface area contributed by atoms with E-state index in [1.54, 1.807) is 19.9 Å². The van der Waals surface area contributed by atoms with Gasteiger partial charge in [-0.3, -0.25) is 4.79 Å². The lowest BCUT2D eigenvalue weighted by Gasteiger charge is -2.40. The molecule has 0 aliphatic carbocycles. The number of rotatable bonds is 8. The van der Waals surface area contributed by atoms with Crippen LogP contribution < -0.4 is 14.9 Å². The first-order valence-corrected chi connectivity index (χ1v) is 12.1. The number of carbonyl (C=O) groups is 1. The molecule has 0 amide bonds. The number of hydrogen-bond donors (Lipinski definition) is 1. The predicted molar refractivity (Wildman–Crippen MR) is 113 cm³/mol. The molecular formula is C20H21ClF6N2O3S. The molecule has 1 heterocycles. The van der Waals surface area contributed by atoms with Crippen LogP contribution >= 0.6 is 21.8 Å². The molecule has 2 aromatic carbocycles. The van der Waals surface area contributed by atoms with Crippen molar-refractivity contribution in [3.63, 3.8) is 0 Å². The molecule has 0 spiro atoms. The quantitative estimate of drug-likeness (QED) is 0.314. The van der Waals surface area contributed by atoms with Crippen molar-refractivity contribution in [1.82, 2.24) is 10.4 Å². The summed E-state index contributed by atoms with van der Waals surface area (Å²) in [4.78, 5) is 10.3. The third-order valence-corrected chi connectivity index (χ3v) is 6.13. The molecule has 0 fully saturated rings. The summed E-state index contributed by atoms with van der Waals surface area (Å²) in [5, 5.41) is 0.688. The lowest BCUT2D eigenvalue weighted by atomic mass is 10.0. The molecule has 2 aromatic rings. The van der Waals surface area contributed by atoms with Gasteiger partial charge in [0.25, 0.3) is 0 Å². The van der Waals surface area contributed by atoms with Gasteiger partial charge in [0.05, 0.1) is 19.8 Å². The van der Waals surface area contributed by atoms with Crippen molar-refractivity contribution in [2.45, 2.75) is 31.8 Å². The smallest absolute Gasteiger partial charge is 0.310 e. The second-order valence-corrected chi connectivity index (χ2v) is 10.1. The number of ether oxygens (including phenoxy) is 2. The maximum atomic E-state index is 14.9. The van der Waals surface area contributed by atoms with E-state index in [1.807, 2.05) is 0 Å². The van der Waals surface area contributed by atoms with E-state index < -0.39 is 43.9 Å². The molecule has 3 rings (SSSR count). The van der Waals surface area contributed by atoms with E-state index in [-0.39, 0.29) is 55.5 Å². The average Bonchev–Trinajstić information content (AvgIpc) is 2.69. The number of carbonyl (C=O) groups excluding carboxylic acids is 1. The lowest BCUT2D eigenvalue weighted by molar-refractivity contribution is 0.0845. The van der Waals surface area contributed by atoms with Crippen LogP contribution in [0.3, 0.4) is 0 Å². The van der Waals surface area contributed by atoms with E-state index in [1.165, 1.54) is 5.01 Å². The van der Waals surface area contributed by atoms with Crippen LogP contribution in [0.15, 0.2) is 29.2 Å². The van der Waals surface area contributed by atoms with E-state index in [0.717, 1.165) is 6.07 Å². The third kappa shape index (κ3) is 5.86. The Morgan fingerprint density at radius 2 is 1.76 bits per heavy atom. The molecule has 0 unspecified atom stereocenters. The number of hydrogen-bond acceptors (Lipinski definition) is 5. The molecule has 0 saturated heterocycles. The molecule has 0 radical (unpaired) electrons. The molecule has 13 heteroatoms. The van der Waals surface area contributed by atoms with Crippen LogP contribution in [0.2, 0.25) is 5.02 Å². The highest BCUT2D eigenvalue weighted by Gasteiger charge is 2.65. The van der Waals surface area contributed by atoms with Crippen LogP contribution in [0, 0.1) is 5.82 Å². The number of fused-ring (bicyclic) bond motifs is 1. The summed E-state index contributed by atoms with van der Waals surface area (Å²) in [5.41, 5.74) is 2.94. The van der Waals surface area contributed by atoms with Crippen LogP contribution in [0.1, 0.15) is 35.3 Å². The predicted octanol–water partition coefficient (Wildman–Crippen LogP) is 6.64. The summed E-state index contributed by atoms with van der Waals surface area (Å²) in [6.45, 7) is 3.36. The zero-order valence-corrected chi connectivity index (χ0v) is 19.1. The minimum Gasteiger partial charge on any atom is -0.490 e. The van der Waals surface area contributed by atoms with Crippen molar-refractivity contribution in [3.8, 4) is 11.5 Å². The average molecular weight is 519 g/mol. The normalized spacial score (nSPS) is 16.5. The van der Waals surface area contributed by atoms with Crippen LogP contribution in [-0.4, -0.2) is 30.6 Å². The molecule has 1 aliphatic rings. The van der Waals surface area contributed by atoms with Gasteiger partial charge in [0, 0.05) is 29.2 Å². The van der Waals surface area contributed by atoms with E-state index in [2.05, 4.69) is 5.43 Å². The number of nitrogens with one attached hydrogen (secondary N) is 1. The van der Waals surface area contributed by atoms with E-state index >= 15 is 0 Å². The van der Waals surface area contributed by atoms with Gasteiger partial charge < -0.3 is 9.47 Å². The van der Waals surface area contributed by atoms with Crippen molar-refractivity contribution in [1.29, 1.82) is 0 Å². The van der Waals surface area contributed by atoms with E-state index in [9.17, 15) is 28.6 Å². The first kappa shape index (κ1) is 25.5. The fourth-order valence-electron chi connectivity index (χ4n) is 3.35. The lowest BCUT2D eigenvalue weighted by Crippen LogP contribution is -2.44. The van der Waals surface area contributed by atoms with Gasteiger partial charge in [-0.15, -0.1) is 0 Å². The van der Waals surface area contributed by atoms with Gasteiger partial charge in [0.1, 0.15) is 4.90 Å². The number of benzene rings is 2. The van der Waals surface area contributed by atoms with Crippen molar-refractivity contribution in [2.75, 3.05) is 19.8 Å². The standard InChI is InChI=1S/C20H21ClF6N2O3S/c1-3-31-18-7-13-10-29(28-9-16(13)19(22)20(18)32-4-2)11-17(30)12-5-14(21)8-15(6-12)33(23,24,25,26)27/h5-8,28H,3-4,9-11H2,1-2H3. The molecule has 0 bridgehead atoms. The molecule has 5 nitrogen and oxygen atoms in total. The highest BCUT2D eigenvalue weighted by molar-refractivity contribution is 8.45. The van der Waals surface area contributed by atoms with Gasteiger partial charge in [0.15, 0.2) is 23.1 Å². The highest BCUT2D eigenvalue weighted by Crippen LogP contribution is 3.02. The zero-order valence-electron chi connectivity index (χ0n) is 17.6. The van der Waals surface area contributed by atoms with Gasteiger partial charge in [-0.2, -0.15) is 0 Å². The minimum absolute atomic E-state index is 0.000545. The Labute approximate surface area is 191 Å². The third-order valence-electron chi connectivity index (χ3n) is 4.78. The molecule has 0 atom stereocenters. The maximum absolute atomic E-state index is 14.9. The summed E-state index contributed by atoms with van der Waals surface area (Å²) >= 11 is 5.58. The molecular weight excluding hydrogens is 498 g/mol. The largest absolute Gasteiger partial charge is 0.490 e. The Balaban J connectivity index is 1.85. The summed E-state index contributed by atoms with van der Waals surface area (Å²) in [5.74, 6) is -1.36. The number of halogens is 7. The number of nitrogens with zero attached hydrogens (tertiary/aromatic N) is 1. The van der Waals surface area contributed by atoms with Crippen LogP contribution in [0.5, 0.6) is 11.5 Å². The van der Waals surface area contributed by atoms with Gasteiger partial charge in [0.2, 0.25) is 0 Å². The topological polar surface area (TPSA) is 50.8 Å². The Morgan fingerprint density at radius 3 is 2.36 bits per heavy atom. The van der Waals surface area contributed by atoms with Crippen molar-refractivity contribution in [2.24, 2.45) is 0 Å². The molecule has 0 saturated carbocycles. The van der Waals surface area contributed by atoms with Gasteiger partial charge in [-0.1, -0.05) is 31.0 Å². The SMILES string of the molecule is CCOc1cc2c(c(F)c1OCC)CNN(CC(=O)c1cc(Cl)cc(S(F)(F)(F)(F)F)c1)C2. The van der Waals surface area contributed by atoms with Crippen molar-refractivity contribution in [3.05, 3.63) is 51.8 Å². The monoisotopic (exact) mass is 518 g/mol. The van der Waals surface area contributed by atoms with Crippen LogP contribution in [0.4, 0.5) is 23.8 Å². The Bertz CT molecular complexity index is 1100. The minimum atomic E-state index is -10.0. The van der Waals surface area contributed by atoms with E-state index in [4.69, 9.17) is 21.1 Å². The molecule has 0 aromatic heterocycles. The van der Waals surface area contributed by atoms with E-state index in [0.29, 0.717) is 5.56 Å². The van der Waals surface area contributed by atoms with Gasteiger partial charge in [-0.05, 0) is 43.7 Å². The zero-order chi connectivity index (χ0) is 24.7. The summed E-state index contributed by atoms with van der Waals surface area (Å²) < 4.78 is 91.6. The highest BCUT2D eigenvalue weighted by atomic mass is 35.5. The van der Waals surface area contributed by atoms with Crippen LogP contribution in [-0.2, 0) is 13.1 Å².